The molecule has 0 spiro atoms. The van der Waals surface area contributed by atoms with Gasteiger partial charge in [-0.05, 0) is 51.2 Å². The maximum Gasteiger partial charge on any atom is 0.494 e. The van der Waals surface area contributed by atoms with E-state index >= 15 is 0 Å². The maximum absolute atomic E-state index is 14.2. The second kappa shape index (κ2) is 4.40. The van der Waals surface area contributed by atoms with Crippen molar-refractivity contribution >= 4 is 18.8 Å². The molecule has 2 heterocycles. The molecule has 2 aliphatic heterocycles. The molecule has 5 heteroatoms. The highest BCUT2D eigenvalue weighted by atomic mass is 19.1. The number of nitrogens with zero attached hydrogens (tertiary/aromatic N) is 1. The molecule has 0 radical (unpaired) electrons. The van der Waals surface area contributed by atoms with E-state index in [9.17, 15) is 4.39 Å². The Morgan fingerprint density at radius 1 is 1.15 bits per heavy atom. The summed E-state index contributed by atoms with van der Waals surface area (Å²) >= 11 is 0. The van der Waals surface area contributed by atoms with Crippen LogP contribution in [0.5, 0.6) is 0 Å². The van der Waals surface area contributed by atoms with Crippen molar-refractivity contribution in [3.63, 3.8) is 0 Å². The van der Waals surface area contributed by atoms with Crippen LogP contribution in [0.4, 0.5) is 4.39 Å². The van der Waals surface area contributed by atoms with E-state index in [4.69, 9.17) is 9.31 Å². The molecule has 0 aliphatic carbocycles. The fourth-order valence-corrected chi connectivity index (χ4v) is 2.51. The summed E-state index contributed by atoms with van der Waals surface area (Å²) in [5.74, 6) is -0.254. The van der Waals surface area contributed by atoms with E-state index in [-0.39, 0.29) is 5.82 Å². The predicted molar refractivity (Wildman–Crippen MR) is 78.3 cm³/mol. The van der Waals surface area contributed by atoms with Crippen LogP contribution in [0.25, 0.3) is 0 Å². The van der Waals surface area contributed by atoms with E-state index in [1.807, 2.05) is 33.8 Å². The molecular formula is C15H19BFNO2. The first kappa shape index (κ1) is 13.8. The Kier molecular flexibility index (Phi) is 3.03. The third kappa shape index (κ3) is 2.09. The van der Waals surface area contributed by atoms with Gasteiger partial charge in [-0.15, -0.1) is 0 Å². The Balaban J connectivity index is 1.97. The zero-order valence-corrected chi connectivity index (χ0v) is 12.4. The first-order valence-electron chi connectivity index (χ1n) is 6.98. The molecule has 1 aromatic carbocycles. The Morgan fingerprint density at radius 2 is 1.80 bits per heavy atom. The smallest absolute Gasteiger partial charge is 0.399 e. The van der Waals surface area contributed by atoms with Gasteiger partial charge >= 0.3 is 7.12 Å². The van der Waals surface area contributed by atoms with Gasteiger partial charge in [0, 0.05) is 18.3 Å². The Hall–Kier alpha value is -1.20. The van der Waals surface area contributed by atoms with Gasteiger partial charge in [-0.1, -0.05) is 6.07 Å². The van der Waals surface area contributed by atoms with Gasteiger partial charge in [-0.25, -0.2) is 4.39 Å². The van der Waals surface area contributed by atoms with E-state index in [1.54, 1.807) is 6.21 Å². The summed E-state index contributed by atoms with van der Waals surface area (Å²) in [7, 11) is -0.515. The van der Waals surface area contributed by atoms with Crippen molar-refractivity contribution in [3.05, 3.63) is 29.1 Å². The maximum atomic E-state index is 14.2. The second-order valence-electron chi connectivity index (χ2n) is 6.45. The molecule has 1 aromatic rings. The molecule has 0 unspecified atom stereocenters. The number of benzene rings is 1. The zero-order chi connectivity index (χ0) is 14.5. The molecular weight excluding hydrogens is 256 g/mol. The van der Waals surface area contributed by atoms with Gasteiger partial charge in [0.1, 0.15) is 5.82 Å². The molecule has 1 saturated heterocycles. The lowest BCUT2D eigenvalue weighted by atomic mass is 9.77. The van der Waals surface area contributed by atoms with Crippen LogP contribution in [-0.2, 0) is 15.7 Å². The van der Waals surface area contributed by atoms with Crippen molar-refractivity contribution in [1.29, 1.82) is 0 Å². The number of rotatable bonds is 1. The Labute approximate surface area is 119 Å². The topological polar surface area (TPSA) is 30.8 Å². The second-order valence-corrected chi connectivity index (χ2v) is 6.45. The molecule has 0 aromatic heterocycles. The van der Waals surface area contributed by atoms with Crippen LogP contribution in [0.15, 0.2) is 17.1 Å². The Morgan fingerprint density at radius 3 is 2.45 bits per heavy atom. The van der Waals surface area contributed by atoms with Crippen LogP contribution in [0.2, 0.25) is 0 Å². The van der Waals surface area contributed by atoms with Crippen LogP contribution in [-0.4, -0.2) is 31.1 Å². The normalized spacial score (nSPS) is 22.9. The van der Waals surface area contributed by atoms with Crippen LogP contribution >= 0.6 is 0 Å². The van der Waals surface area contributed by atoms with Crippen LogP contribution in [0.1, 0.15) is 38.8 Å². The summed E-state index contributed by atoms with van der Waals surface area (Å²) in [6, 6.07) is 3.48. The van der Waals surface area contributed by atoms with Crippen molar-refractivity contribution in [2.24, 2.45) is 4.99 Å². The van der Waals surface area contributed by atoms with Gasteiger partial charge in [0.05, 0.1) is 11.2 Å². The van der Waals surface area contributed by atoms with Crippen molar-refractivity contribution < 1.29 is 13.7 Å². The van der Waals surface area contributed by atoms with Gasteiger partial charge < -0.3 is 9.31 Å². The minimum Gasteiger partial charge on any atom is -0.399 e. The quantitative estimate of drug-likeness (QED) is 0.735. The summed E-state index contributed by atoms with van der Waals surface area (Å²) < 4.78 is 26.1. The number of aliphatic imine (C=N–C) groups is 1. The van der Waals surface area contributed by atoms with Gasteiger partial charge in [0.25, 0.3) is 0 Å². The van der Waals surface area contributed by atoms with Gasteiger partial charge in [0.2, 0.25) is 0 Å². The summed E-state index contributed by atoms with van der Waals surface area (Å²) in [5, 5.41) is 0. The van der Waals surface area contributed by atoms with Crippen LogP contribution in [0, 0.1) is 5.82 Å². The number of hydrogen-bond donors (Lipinski definition) is 0. The molecule has 1 fully saturated rings. The minimum absolute atomic E-state index is 0.254. The number of fused-ring (bicyclic) bond motifs is 1. The molecule has 0 amide bonds. The number of halogens is 1. The predicted octanol–water partition coefficient (Wildman–Crippen LogP) is 2.10. The van der Waals surface area contributed by atoms with Crippen molar-refractivity contribution in [2.45, 2.75) is 45.3 Å². The minimum atomic E-state index is -0.515. The Bertz CT molecular complexity index is 567. The molecule has 3 nitrogen and oxygen atoms in total. The lowest BCUT2D eigenvalue weighted by Gasteiger charge is -2.32. The standard InChI is InChI=1S/C15H19BFNO2/c1-14(2)15(3,4)20-16(19-14)11-7-10-5-6-18-9-12(10)13(17)8-11/h7-9H,5-6H2,1-4H3. The SMILES string of the molecule is CC1(C)OB(c2cc(F)c3c(c2)CCN=C3)OC1(C)C. The lowest BCUT2D eigenvalue weighted by molar-refractivity contribution is 0.00578. The van der Waals surface area contributed by atoms with Gasteiger partial charge in [-0.2, -0.15) is 0 Å². The monoisotopic (exact) mass is 275 g/mol. The highest BCUT2D eigenvalue weighted by molar-refractivity contribution is 6.62. The van der Waals surface area contributed by atoms with Crippen LogP contribution in [0.3, 0.4) is 0 Å². The van der Waals surface area contributed by atoms with E-state index in [0.717, 1.165) is 17.4 Å². The van der Waals surface area contributed by atoms with E-state index in [2.05, 4.69) is 4.99 Å². The fourth-order valence-electron chi connectivity index (χ4n) is 2.51. The highest BCUT2D eigenvalue weighted by Crippen LogP contribution is 2.36. The molecule has 0 atom stereocenters. The summed E-state index contributed by atoms with van der Waals surface area (Å²) in [4.78, 5) is 4.13. The largest absolute Gasteiger partial charge is 0.494 e. The van der Waals surface area contributed by atoms with Crippen molar-refractivity contribution in [1.82, 2.24) is 0 Å². The van der Waals surface area contributed by atoms with Gasteiger partial charge in [-0.3, -0.25) is 4.99 Å². The molecule has 2 aliphatic rings. The average Bonchev–Trinajstić information content (AvgIpc) is 2.58. The first-order chi connectivity index (χ1) is 9.30. The molecule has 20 heavy (non-hydrogen) atoms. The average molecular weight is 275 g/mol. The first-order valence-corrected chi connectivity index (χ1v) is 6.98. The highest BCUT2D eigenvalue weighted by Gasteiger charge is 2.51. The van der Waals surface area contributed by atoms with Crippen LogP contribution < -0.4 is 5.46 Å². The third-order valence-electron chi connectivity index (χ3n) is 4.49. The zero-order valence-electron chi connectivity index (χ0n) is 12.4. The number of hydrogen-bond acceptors (Lipinski definition) is 3. The summed E-state index contributed by atoms with van der Waals surface area (Å²) in [6.07, 6.45) is 2.37. The van der Waals surface area contributed by atoms with E-state index < -0.39 is 18.3 Å². The molecule has 3 rings (SSSR count). The van der Waals surface area contributed by atoms with Gasteiger partial charge in [0.15, 0.2) is 0 Å². The third-order valence-corrected chi connectivity index (χ3v) is 4.49. The lowest BCUT2D eigenvalue weighted by Crippen LogP contribution is -2.41. The molecule has 106 valence electrons. The molecule has 0 bridgehead atoms. The molecule has 0 saturated carbocycles. The van der Waals surface area contributed by atoms with Crippen molar-refractivity contribution in [2.75, 3.05) is 6.54 Å². The van der Waals surface area contributed by atoms with Crippen molar-refractivity contribution in [3.8, 4) is 0 Å². The fraction of sp³-hybridized carbons (Fsp3) is 0.533. The summed E-state index contributed by atoms with van der Waals surface area (Å²) in [6.45, 7) is 8.69. The summed E-state index contributed by atoms with van der Waals surface area (Å²) in [5.41, 5.74) is 1.49. The van der Waals surface area contributed by atoms with E-state index in [0.29, 0.717) is 12.1 Å². The van der Waals surface area contributed by atoms with E-state index in [1.165, 1.54) is 6.07 Å². The molecule has 0 N–H and O–H groups in total.